The summed E-state index contributed by atoms with van der Waals surface area (Å²) in [6.45, 7) is 5.78. The Morgan fingerprint density at radius 2 is 2.21 bits per heavy atom. The summed E-state index contributed by atoms with van der Waals surface area (Å²) in [7, 11) is 4.23. The molecule has 0 aliphatic carbocycles. The molecule has 28 heavy (non-hydrogen) atoms. The van der Waals surface area contributed by atoms with Crippen LogP contribution in [0.25, 0.3) is 10.9 Å². The van der Waals surface area contributed by atoms with Gasteiger partial charge in [-0.15, -0.1) is 0 Å². The van der Waals surface area contributed by atoms with Gasteiger partial charge in [0.05, 0.1) is 39.8 Å². The summed E-state index contributed by atoms with van der Waals surface area (Å²) < 4.78 is 5.68. The number of nitrogens with zero attached hydrogens (tertiary/aromatic N) is 1. The predicted octanol–water partition coefficient (Wildman–Crippen LogP) is 0.837. The minimum atomic E-state index is -0.0535. The van der Waals surface area contributed by atoms with Gasteiger partial charge in [0.15, 0.2) is 5.11 Å². The molecule has 1 saturated heterocycles. The summed E-state index contributed by atoms with van der Waals surface area (Å²) >= 11 is 5.66. The van der Waals surface area contributed by atoms with Crippen LogP contribution in [0.2, 0.25) is 0 Å². The molecule has 1 aliphatic heterocycles. The first-order valence-electron chi connectivity index (χ1n) is 9.98. The van der Waals surface area contributed by atoms with Gasteiger partial charge in [0.1, 0.15) is 0 Å². The van der Waals surface area contributed by atoms with Crippen molar-refractivity contribution in [3.8, 4) is 0 Å². The topological polar surface area (TPSA) is 61.8 Å². The van der Waals surface area contributed by atoms with Gasteiger partial charge >= 0.3 is 0 Å². The van der Waals surface area contributed by atoms with Gasteiger partial charge in [-0.3, -0.25) is 4.79 Å². The Labute approximate surface area is 171 Å². The molecule has 0 bridgehead atoms. The smallest absolute Gasteiger partial charge is 0.253 e. The summed E-state index contributed by atoms with van der Waals surface area (Å²) in [6, 6.07) is 8.09. The Kier molecular flexibility index (Phi) is 7.04. The number of ether oxygens (including phenoxy) is 1. The third kappa shape index (κ3) is 5.53. The highest BCUT2D eigenvalue weighted by Gasteiger charge is 2.18. The van der Waals surface area contributed by atoms with E-state index in [0.717, 1.165) is 61.1 Å². The lowest BCUT2D eigenvalue weighted by Crippen LogP contribution is -3.06. The van der Waals surface area contributed by atoms with E-state index in [1.807, 2.05) is 25.1 Å². The van der Waals surface area contributed by atoms with Gasteiger partial charge in [0.2, 0.25) is 0 Å². The number of aromatic amines is 1. The number of benzene rings is 1. The van der Waals surface area contributed by atoms with E-state index in [-0.39, 0.29) is 11.7 Å². The first-order chi connectivity index (χ1) is 13.4. The van der Waals surface area contributed by atoms with Gasteiger partial charge < -0.3 is 24.8 Å². The molecule has 6 nitrogen and oxygen atoms in total. The van der Waals surface area contributed by atoms with Crippen LogP contribution in [-0.2, 0) is 11.3 Å². The average Bonchev–Trinajstić information content (AvgIpc) is 3.17. The molecular weight excluding hydrogens is 372 g/mol. The van der Waals surface area contributed by atoms with E-state index < -0.39 is 0 Å². The van der Waals surface area contributed by atoms with Crippen LogP contribution in [0.3, 0.4) is 0 Å². The maximum Gasteiger partial charge on any atom is 0.253 e. The number of nitrogens with one attached hydrogen (secondary N) is 3. The summed E-state index contributed by atoms with van der Waals surface area (Å²) in [5, 5.41) is 5.06. The van der Waals surface area contributed by atoms with Crippen molar-refractivity contribution >= 4 is 28.2 Å². The van der Waals surface area contributed by atoms with Gasteiger partial charge in [-0.05, 0) is 55.1 Å². The van der Waals surface area contributed by atoms with E-state index in [1.54, 1.807) is 0 Å². The van der Waals surface area contributed by atoms with Crippen molar-refractivity contribution in [2.24, 2.45) is 0 Å². The fourth-order valence-electron chi connectivity index (χ4n) is 3.41. The van der Waals surface area contributed by atoms with Gasteiger partial charge in [0.25, 0.3) is 5.56 Å². The molecule has 0 saturated carbocycles. The fraction of sp³-hybridized carbons (Fsp3) is 0.524. The van der Waals surface area contributed by atoms with Crippen molar-refractivity contribution in [1.82, 2.24) is 15.2 Å². The first-order valence-corrected chi connectivity index (χ1v) is 10.4. The van der Waals surface area contributed by atoms with Crippen LogP contribution in [0.15, 0.2) is 29.1 Å². The van der Waals surface area contributed by atoms with E-state index in [4.69, 9.17) is 17.0 Å². The van der Waals surface area contributed by atoms with Gasteiger partial charge in [-0.25, -0.2) is 0 Å². The molecule has 2 heterocycles. The number of fused-ring (bicyclic) bond motifs is 1. The Balaban J connectivity index is 1.75. The van der Waals surface area contributed by atoms with Crippen LogP contribution in [0.4, 0.5) is 0 Å². The monoisotopic (exact) mass is 403 g/mol. The summed E-state index contributed by atoms with van der Waals surface area (Å²) in [5.74, 6) is 0. The van der Waals surface area contributed by atoms with Gasteiger partial charge in [-0.2, -0.15) is 0 Å². The molecule has 0 amide bonds. The highest BCUT2D eigenvalue weighted by Crippen LogP contribution is 2.14. The van der Waals surface area contributed by atoms with E-state index in [1.165, 1.54) is 4.90 Å². The number of H-pyrrole nitrogens is 1. The van der Waals surface area contributed by atoms with Crippen molar-refractivity contribution in [3.05, 3.63) is 45.7 Å². The first kappa shape index (κ1) is 20.8. The van der Waals surface area contributed by atoms with E-state index in [9.17, 15) is 4.79 Å². The molecule has 0 radical (unpaired) electrons. The van der Waals surface area contributed by atoms with Crippen LogP contribution in [0.5, 0.6) is 0 Å². The van der Waals surface area contributed by atoms with Crippen molar-refractivity contribution in [2.45, 2.75) is 32.4 Å². The largest absolute Gasteiger partial charge is 0.376 e. The Morgan fingerprint density at radius 3 is 2.93 bits per heavy atom. The highest BCUT2D eigenvalue weighted by molar-refractivity contribution is 7.80. The molecule has 1 aliphatic rings. The normalized spacial score (nSPS) is 16.6. The quantitative estimate of drug-likeness (QED) is 0.598. The maximum atomic E-state index is 12.6. The van der Waals surface area contributed by atoms with Crippen LogP contribution >= 0.6 is 12.2 Å². The average molecular weight is 404 g/mol. The van der Waals surface area contributed by atoms with Crippen molar-refractivity contribution in [3.63, 3.8) is 0 Å². The summed E-state index contributed by atoms with van der Waals surface area (Å²) in [4.78, 5) is 19.1. The number of pyridine rings is 1. The van der Waals surface area contributed by atoms with Gasteiger partial charge in [0, 0.05) is 24.2 Å². The number of aromatic nitrogens is 1. The van der Waals surface area contributed by atoms with Crippen molar-refractivity contribution in [2.75, 3.05) is 40.3 Å². The molecule has 0 spiro atoms. The SMILES string of the molecule is Cc1ccc2cc(CN(CC[NH+](C)C)C(=S)NC[C@@H]3CCCO3)c(=O)[nH]c2c1. The zero-order valence-electron chi connectivity index (χ0n) is 17.0. The highest BCUT2D eigenvalue weighted by atomic mass is 32.1. The maximum absolute atomic E-state index is 12.6. The van der Waals surface area contributed by atoms with Crippen LogP contribution < -0.4 is 15.8 Å². The molecule has 1 fully saturated rings. The lowest BCUT2D eigenvalue weighted by Gasteiger charge is -2.27. The van der Waals surface area contributed by atoms with Crippen LogP contribution in [-0.4, -0.2) is 61.4 Å². The second kappa shape index (κ2) is 9.49. The third-order valence-corrected chi connectivity index (χ3v) is 5.52. The minimum Gasteiger partial charge on any atom is -0.376 e. The molecule has 3 N–H and O–H groups in total. The molecule has 2 aromatic rings. The van der Waals surface area contributed by atoms with Crippen molar-refractivity contribution < 1.29 is 9.64 Å². The fourth-order valence-corrected chi connectivity index (χ4v) is 3.65. The summed E-state index contributed by atoms with van der Waals surface area (Å²) in [5.41, 5.74) is 2.68. The lowest BCUT2D eigenvalue weighted by molar-refractivity contribution is -0.857. The lowest BCUT2D eigenvalue weighted by atomic mass is 10.1. The number of quaternary nitrogens is 1. The molecule has 152 valence electrons. The number of hydrogen-bond donors (Lipinski definition) is 3. The molecule has 3 rings (SSSR count). The molecule has 1 aromatic carbocycles. The number of likely N-dealkylation sites (N-methyl/N-ethyl adjacent to an activating group) is 1. The number of aryl methyl sites for hydroxylation is 1. The third-order valence-electron chi connectivity index (χ3n) is 5.11. The Hall–Kier alpha value is -1.96. The standard InChI is InChI=1S/C21H30N4O2S/c1-15-6-7-16-12-17(20(26)23-19(16)11-15)14-25(9-8-24(2)3)21(28)22-13-18-5-4-10-27-18/h6-7,11-12,18H,4-5,8-10,13-14H2,1-3H3,(H,22,28)(H,23,26)/p+1/t18-/m0/s1. The zero-order chi connectivity index (χ0) is 20.1. The number of hydrogen-bond acceptors (Lipinski definition) is 3. The minimum absolute atomic E-state index is 0.0535. The molecule has 7 heteroatoms. The molecule has 1 atom stereocenters. The zero-order valence-corrected chi connectivity index (χ0v) is 17.8. The Morgan fingerprint density at radius 1 is 1.39 bits per heavy atom. The second-order valence-corrected chi connectivity index (χ2v) is 8.30. The number of rotatable bonds is 7. The van der Waals surface area contributed by atoms with E-state index in [2.05, 4.69) is 35.4 Å². The second-order valence-electron chi connectivity index (χ2n) is 7.91. The predicted molar refractivity (Wildman–Crippen MR) is 117 cm³/mol. The van der Waals surface area contributed by atoms with Gasteiger partial charge in [-0.1, -0.05) is 12.1 Å². The summed E-state index contributed by atoms with van der Waals surface area (Å²) in [6.07, 6.45) is 2.41. The van der Waals surface area contributed by atoms with E-state index in [0.29, 0.717) is 11.7 Å². The Bertz CT molecular complexity index is 874. The van der Waals surface area contributed by atoms with Crippen LogP contribution in [0, 0.1) is 6.92 Å². The molecule has 1 aromatic heterocycles. The molecule has 0 unspecified atom stereocenters. The molecular formula is C21H31N4O2S+. The van der Waals surface area contributed by atoms with Crippen molar-refractivity contribution in [1.29, 1.82) is 0 Å². The van der Waals surface area contributed by atoms with Crippen LogP contribution in [0.1, 0.15) is 24.0 Å². The number of thiocarbonyl (C=S) groups is 1. The van der Waals surface area contributed by atoms with E-state index >= 15 is 0 Å².